The van der Waals surface area contributed by atoms with Crippen molar-refractivity contribution in [3.8, 4) is 0 Å². The summed E-state index contributed by atoms with van der Waals surface area (Å²) in [4.78, 5) is 28.0. The molecule has 0 N–H and O–H groups in total. The largest absolute Gasteiger partial charge is 0.303 e. The van der Waals surface area contributed by atoms with E-state index in [-0.39, 0.29) is 5.91 Å². The van der Waals surface area contributed by atoms with Gasteiger partial charge in [-0.2, -0.15) is 16.8 Å². The predicted octanol–water partition coefficient (Wildman–Crippen LogP) is 2.31. The summed E-state index contributed by atoms with van der Waals surface area (Å²) in [7, 11) is 0. The molecule has 1 saturated heterocycles. The molecule has 6 nitrogen and oxygen atoms in total. The first-order chi connectivity index (χ1) is 14.7. The zero-order valence-corrected chi connectivity index (χ0v) is 17.5. The van der Waals surface area contributed by atoms with Crippen molar-refractivity contribution in [1.29, 1.82) is 0 Å². The number of nitrogens with zero attached hydrogens (tertiary/aromatic N) is 5. The molecule has 2 aliphatic heterocycles. The van der Waals surface area contributed by atoms with Crippen LogP contribution >= 0.6 is 11.8 Å². The van der Waals surface area contributed by atoms with Gasteiger partial charge in [-0.25, -0.2) is 9.98 Å². The maximum absolute atomic E-state index is 12.3. The Balaban J connectivity index is 1.17. The quantitative estimate of drug-likeness (QED) is 0.639. The average molecular weight is 418 g/mol. The number of piperidine rings is 1. The maximum atomic E-state index is 12.3. The third-order valence-electron chi connectivity index (χ3n) is 5.68. The van der Waals surface area contributed by atoms with Gasteiger partial charge in [0.1, 0.15) is 11.5 Å². The molecule has 7 heteroatoms. The fourth-order valence-corrected chi connectivity index (χ4v) is 5.11. The maximum Gasteiger partial charge on any atom is 0.280 e. The van der Waals surface area contributed by atoms with Crippen LogP contribution in [0.5, 0.6) is 0 Å². The molecule has 2 aromatic heterocycles. The lowest BCUT2D eigenvalue weighted by Gasteiger charge is -2.31. The third kappa shape index (κ3) is 3.82. The van der Waals surface area contributed by atoms with Gasteiger partial charge in [0, 0.05) is 18.0 Å². The second-order valence-corrected chi connectivity index (χ2v) is 9.01. The van der Waals surface area contributed by atoms with Crippen LogP contribution in [0.25, 0.3) is 12.2 Å². The van der Waals surface area contributed by atoms with E-state index in [0.717, 1.165) is 43.3 Å². The molecular formula is C23H23N5OS. The van der Waals surface area contributed by atoms with Gasteiger partial charge < -0.3 is 4.40 Å². The number of amidine groups is 1. The summed E-state index contributed by atoms with van der Waals surface area (Å²) in [6.07, 6.45) is 6.30. The summed E-state index contributed by atoms with van der Waals surface area (Å²) < 4.78 is 2.16. The number of pyridine rings is 1. The lowest BCUT2D eigenvalue weighted by molar-refractivity contribution is 0.1000. The molecule has 152 valence electrons. The van der Waals surface area contributed by atoms with Crippen LogP contribution in [0.2, 0.25) is 0 Å². The first-order valence-electron chi connectivity index (χ1n) is 10.2. The lowest BCUT2D eigenvalue weighted by Crippen LogP contribution is -2.36. The van der Waals surface area contributed by atoms with Crippen molar-refractivity contribution in [3.63, 3.8) is 0 Å². The molecule has 0 radical (unpaired) electrons. The minimum absolute atomic E-state index is 0.205. The molecule has 0 atom stereocenters. The van der Waals surface area contributed by atoms with E-state index < -0.39 is 0 Å². The van der Waals surface area contributed by atoms with Crippen LogP contribution in [0.15, 0.2) is 58.8 Å². The zero-order chi connectivity index (χ0) is 20.5. The zero-order valence-electron chi connectivity index (χ0n) is 16.7. The summed E-state index contributed by atoms with van der Waals surface area (Å²) in [5.74, 6) is 1.07. The van der Waals surface area contributed by atoms with E-state index in [0.29, 0.717) is 27.8 Å². The molecule has 0 unspecified atom stereocenters. The molecule has 3 aromatic rings. The number of rotatable bonds is 5. The molecule has 5 rings (SSSR count). The summed E-state index contributed by atoms with van der Waals surface area (Å²) >= 11 is 1.86. The van der Waals surface area contributed by atoms with Gasteiger partial charge in [-0.1, -0.05) is 24.8 Å². The number of para-hydroxylation sites is 1. The number of carbonyl (C=O) groups is 1. The number of fused-ring (bicyclic) bond motifs is 2. The smallest absolute Gasteiger partial charge is 0.280 e. The van der Waals surface area contributed by atoms with Gasteiger partial charge in [-0.15, -0.1) is 0 Å². The Labute approximate surface area is 179 Å². The number of benzene rings is 1. The van der Waals surface area contributed by atoms with Crippen LogP contribution in [0.3, 0.4) is 0 Å². The number of aromatic nitrogens is 2. The van der Waals surface area contributed by atoms with Gasteiger partial charge in [0.25, 0.3) is 5.91 Å². The minimum atomic E-state index is -0.205. The van der Waals surface area contributed by atoms with Crippen molar-refractivity contribution < 1.29 is 4.79 Å². The fraction of sp³-hybridized carbons (Fsp3) is 0.304. The molecule has 2 aliphatic rings. The molecule has 4 heterocycles. The highest BCUT2D eigenvalue weighted by Gasteiger charge is 2.22. The van der Waals surface area contributed by atoms with E-state index >= 15 is 0 Å². The summed E-state index contributed by atoms with van der Waals surface area (Å²) in [6.45, 7) is 7.03. The minimum Gasteiger partial charge on any atom is -0.303 e. The number of hydrogen-bond donors (Lipinski definition) is 0. The van der Waals surface area contributed by atoms with Crippen LogP contribution in [0.1, 0.15) is 28.9 Å². The number of aliphatic imine (C=N–C) groups is 1. The Morgan fingerprint density at radius 3 is 2.83 bits per heavy atom. The highest BCUT2D eigenvalue weighted by molar-refractivity contribution is 8.00. The average Bonchev–Trinajstić information content (AvgIpc) is 3.17. The van der Waals surface area contributed by atoms with E-state index in [2.05, 4.69) is 37.0 Å². The molecule has 30 heavy (non-hydrogen) atoms. The van der Waals surface area contributed by atoms with Gasteiger partial charge >= 0.3 is 0 Å². The normalized spacial score (nSPS) is 17.6. The van der Waals surface area contributed by atoms with Crippen LogP contribution in [0.4, 0.5) is 0 Å². The Morgan fingerprint density at radius 1 is 1.10 bits per heavy atom. The fourth-order valence-electron chi connectivity index (χ4n) is 4.05. The van der Waals surface area contributed by atoms with Crippen molar-refractivity contribution in [2.45, 2.75) is 24.6 Å². The number of likely N-dealkylation sites (tertiary alicyclic amines) is 1. The molecule has 1 fully saturated rings. The summed E-state index contributed by atoms with van der Waals surface area (Å²) in [5.41, 5.74) is 2.78. The van der Waals surface area contributed by atoms with Gasteiger partial charge in [0.05, 0.1) is 28.6 Å². The first-order valence-corrected chi connectivity index (χ1v) is 11.3. The second-order valence-electron chi connectivity index (χ2n) is 7.72. The van der Waals surface area contributed by atoms with E-state index in [9.17, 15) is 4.79 Å². The van der Waals surface area contributed by atoms with E-state index in [4.69, 9.17) is 0 Å². The molecule has 1 amide bonds. The monoisotopic (exact) mass is 417 g/mol. The first kappa shape index (κ1) is 19.2. The van der Waals surface area contributed by atoms with E-state index in [1.807, 2.05) is 48.3 Å². The number of imidazole rings is 1. The number of carbonyl (C=O) groups excluding carboxylic acids is 1. The molecule has 0 saturated carbocycles. The van der Waals surface area contributed by atoms with Crippen molar-refractivity contribution in [2.75, 3.05) is 18.8 Å². The Morgan fingerprint density at radius 2 is 1.97 bits per heavy atom. The number of hydrogen-bond acceptors (Lipinski definition) is 5. The predicted molar refractivity (Wildman–Crippen MR) is 120 cm³/mol. The van der Waals surface area contributed by atoms with Gasteiger partial charge in [0.2, 0.25) is 0 Å². The van der Waals surface area contributed by atoms with Gasteiger partial charge in [-0.3, -0.25) is 9.69 Å². The van der Waals surface area contributed by atoms with Gasteiger partial charge in [-0.05, 0) is 49.3 Å². The van der Waals surface area contributed by atoms with Crippen LogP contribution in [-0.2, 0) is 6.54 Å². The third-order valence-corrected chi connectivity index (χ3v) is 7.05. The highest BCUT2D eigenvalue weighted by atomic mass is 32.2. The molecule has 0 aliphatic carbocycles. The molecular weight excluding hydrogens is 394 g/mol. The summed E-state index contributed by atoms with van der Waals surface area (Å²) in [5, 5.41) is 2.02. The molecule has 0 bridgehead atoms. The van der Waals surface area contributed by atoms with E-state index in [1.54, 1.807) is 6.07 Å². The number of thioether (sulfide) groups is 1. The van der Waals surface area contributed by atoms with Crippen LogP contribution in [0, 0.1) is 0 Å². The Kier molecular flexibility index (Phi) is 5.23. The molecule has 1 aromatic carbocycles. The topological polar surface area (TPSA) is 62.3 Å². The van der Waals surface area contributed by atoms with Crippen LogP contribution < -0.4 is 10.6 Å². The van der Waals surface area contributed by atoms with Crippen molar-refractivity contribution in [1.82, 2.24) is 14.3 Å². The van der Waals surface area contributed by atoms with Crippen molar-refractivity contribution in [3.05, 3.63) is 70.6 Å². The molecule has 0 spiro atoms. The Bertz CT molecular complexity index is 1240. The lowest BCUT2D eigenvalue weighted by atomic mass is 10.1. The Hall–Kier alpha value is -2.77. The van der Waals surface area contributed by atoms with Crippen LogP contribution in [-0.4, -0.2) is 50.1 Å². The standard InChI is InChI=1S/C23H23N5OS/c1-16-5-4-6-19-22(16)25-20(26-23(19)29)15-30-18-8-11-27(12-9-18)14-17-13-24-21-7-2-3-10-28(17)21/h2-7,10,13,18H,1,8-9,11-12,14-15H2. The second kappa shape index (κ2) is 8.16. The van der Waals surface area contributed by atoms with Gasteiger partial charge in [0.15, 0.2) is 0 Å². The summed E-state index contributed by atoms with van der Waals surface area (Å²) in [6, 6.07) is 11.6. The number of amides is 1. The van der Waals surface area contributed by atoms with Crippen molar-refractivity contribution in [2.24, 2.45) is 9.98 Å². The highest BCUT2D eigenvalue weighted by Crippen LogP contribution is 2.25. The SMILES string of the molecule is C=c1cccc2c1=NC(CSC1CCN(Cc3cnc4ccccn34)CC1)=NC2=O. The van der Waals surface area contributed by atoms with Crippen molar-refractivity contribution >= 4 is 35.7 Å². The van der Waals surface area contributed by atoms with E-state index in [1.165, 1.54) is 5.69 Å².